The lowest BCUT2D eigenvalue weighted by atomic mass is 10.1. The second-order valence-corrected chi connectivity index (χ2v) is 6.87. The number of hydrogen-bond acceptors (Lipinski definition) is 5. The van der Waals surface area contributed by atoms with E-state index in [9.17, 15) is 0 Å². The maximum absolute atomic E-state index is 9.02. The standard InChI is InChI=1S/C16H18N6.H3O4P/c1-2-3-4-13(5-7-17)22-10-12(9-21-22)15-14-6-8-18-16(14)20-11-19-15;1-5(2,3)4/h6,8-11,13H,2-5H2,1H3,(H,18,19,20);(H3,1,2,3,4). The van der Waals surface area contributed by atoms with Gasteiger partial charge in [0, 0.05) is 23.3 Å². The fourth-order valence-corrected chi connectivity index (χ4v) is 2.64. The topological polar surface area (TPSA) is 161 Å². The molecule has 3 heterocycles. The minimum atomic E-state index is -4.64. The van der Waals surface area contributed by atoms with Crippen LogP contribution in [0.5, 0.6) is 0 Å². The van der Waals surface area contributed by atoms with Crippen molar-refractivity contribution >= 4 is 18.9 Å². The molecule has 0 saturated heterocycles. The van der Waals surface area contributed by atoms with Crippen molar-refractivity contribution in [3.63, 3.8) is 0 Å². The van der Waals surface area contributed by atoms with Crippen LogP contribution in [0.1, 0.15) is 38.6 Å². The minimum absolute atomic E-state index is 0.127. The number of nitrogens with zero attached hydrogens (tertiary/aromatic N) is 5. The van der Waals surface area contributed by atoms with Gasteiger partial charge in [-0.25, -0.2) is 14.5 Å². The van der Waals surface area contributed by atoms with Crippen LogP contribution in [0, 0.1) is 11.3 Å². The highest BCUT2D eigenvalue weighted by Gasteiger charge is 2.14. The molecule has 0 bridgehead atoms. The highest BCUT2D eigenvalue weighted by molar-refractivity contribution is 7.45. The van der Waals surface area contributed by atoms with E-state index >= 15 is 0 Å². The van der Waals surface area contributed by atoms with E-state index in [2.05, 4.69) is 33.0 Å². The van der Waals surface area contributed by atoms with Crippen molar-refractivity contribution in [2.45, 2.75) is 38.6 Å². The summed E-state index contributed by atoms with van der Waals surface area (Å²) in [6, 6.07) is 4.35. The first-order valence-corrected chi connectivity index (χ1v) is 9.87. The third-order valence-corrected chi connectivity index (χ3v) is 3.82. The molecule has 0 fully saturated rings. The number of fused-ring (bicyclic) bond motifs is 1. The second-order valence-electron chi connectivity index (χ2n) is 5.84. The Balaban J connectivity index is 0.000000465. The van der Waals surface area contributed by atoms with Gasteiger partial charge >= 0.3 is 7.82 Å². The van der Waals surface area contributed by atoms with Crippen LogP contribution in [-0.4, -0.2) is 39.4 Å². The van der Waals surface area contributed by atoms with E-state index in [-0.39, 0.29) is 6.04 Å². The number of aromatic amines is 1. The van der Waals surface area contributed by atoms with Crippen molar-refractivity contribution in [2.75, 3.05) is 0 Å². The molecule has 0 radical (unpaired) electrons. The summed E-state index contributed by atoms with van der Waals surface area (Å²) >= 11 is 0. The van der Waals surface area contributed by atoms with Crippen molar-refractivity contribution in [2.24, 2.45) is 0 Å². The number of unbranched alkanes of at least 4 members (excludes halogenated alkanes) is 1. The van der Waals surface area contributed by atoms with Gasteiger partial charge in [0.2, 0.25) is 0 Å². The summed E-state index contributed by atoms with van der Waals surface area (Å²) in [5, 5.41) is 14.4. The number of nitriles is 1. The number of hydrogen-bond donors (Lipinski definition) is 4. The molecule has 1 unspecified atom stereocenters. The molecule has 3 rings (SSSR count). The number of nitrogens with one attached hydrogen (secondary N) is 1. The van der Waals surface area contributed by atoms with Crippen LogP contribution in [0.4, 0.5) is 0 Å². The Morgan fingerprint density at radius 2 is 2.11 bits per heavy atom. The first kappa shape index (κ1) is 20.7. The molecule has 27 heavy (non-hydrogen) atoms. The van der Waals surface area contributed by atoms with Gasteiger partial charge in [0.1, 0.15) is 12.0 Å². The van der Waals surface area contributed by atoms with E-state index in [0.717, 1.165) is 41.6 Å². The highest BCUT2D eigenvalue weighted by atomic mass is 31.2. The Labute approximate surface area is 155 Å². The Hall–Kier alpha value is -2.57. The summed E-state index contributed by atoms with van der Waals surface area (Å²) in [5.41, 5.74) is 2.63. The number of H-pyrrole nitrogens is 1. The molecule has 10 nitrogen and oxygen atoms in total. The van der Waals surface area contributed by atoms with Gasteiger partial charge in [0.15, 0.2) is 0 Å². The Bertz CT molecular complexity index is 949. The van der Waals surface area contributed by atoms with Crippen LogP contribution in [0.2, 0.25) is 0 Å². The first-order valence-electron chi connectivity index (χ1n) is 8.31. The van der Waals surface area contributed by atoms with Gasteiger partial charge in [0.05, 0.1) is 30.4 Å². The van der Waals surface area contributed by atoms with Crippen LogP contribution >= 0.6 is 7.82 Å². The fraction of sp³-hybridized carbons (Fsp3) is 0.375. The fourth-order valence-electron chi connectivity index (χ4n) is 2.64. The Morgan fingerprint density at radius 1 is 1.37 bits per heavy atom. The minimum Gasteiger partial charge on any atom is -0.346 e. The lowest BCUT2D eigenvalue weighted by Crippen LogP contribution is -2.08. The normalized spacial score (nSPS) is 12.3. The smallest absolute Gasteiger partial charge is 0.346 e. The lowest BCUT2D eigenvalue weighted by Gasteiger charge is -2.13. The number of rotatable bonds is 6. The van der Waals surface area contributed by atoms with Gasteiger partial charge in [-0.05, 0) is 12.5 Å². The maximum atomic E-state index is 9.02. The lowest BCUT2D eigenvalue weighted by molar-refractivity contribution is 0.275. The van der Waals surface area contributed by atoms with Crippen molar-refractivity contribution in [1.82, 2.24) is 24.7 Å². The van der Waals surface area contributed by atoms with Gasteiger partial charge in [-0.1, -0.05) is 19.8 Å². The van der Waals surface area contributed by atoms with E-state index < -0.39 is 7.82 Å². The van der Waals surface area contributed by atoms with Crippen LogP contribution in [-0.2, 0) is 4.57 Å². The molecule has 0 aromatic carbocycles. The third-order valence-electron chi connectivity index (χ3n) is 3.82. The zero-order chi connectivity index (χ0) is 19.9. The quantitative estimate of drug-likeness (QED) is 0.465. The largest absolute Gasteiger partial charge is 0.466 e. The summed E-state index contributed by atoms with van der Waals surface area (Å²) < 4.78 is 10.8. The zero-order valence-electron chi connectivity index (χ0n) is 14.7. The average Bonchev–Trinajstić information content (AvgIpc) is 3.25. The predicted molar refractivity (Wildman–Crippen MR) is 98.2 cm³/mol. The monoisotopic (exact) mass is 392 g/mol. The molecule has 0 spiro atoms. The molecule has 3 aromatic rings. The molecular formula is C16H21N6O4P. The average molecular weight is 392 g/mol. The van der Waals surface area contributed by atoms with Gasteiger partial charge < -0.3 is 19.7 Å². The molecule has 11 heteroatoms. The molecule has 0 aliphatic carbocycles. The van der Waals surface area contributed by atoms with Gasteiger partial charge in [-0.2, -0.15) is 10.4 Å². The van der Waals surface area contributed by atoms with E-state index in [1.54, 1.807) is 6.33 Å². The summed E-state index contributed by atoms with van der Waals surface area (Å²) in [6.45, 7) is 2.15. The van der Waals surface area contributed by atoms with E-state index in [0.29, 0.717) is 6.42 Å². The molecule has 144 valence electrons. The molecule has 0 aliphatic rings. The number of phosphoric acid groups is 1. The molecule has 0 amide bonds. The van der Waals surface area contributed by atoms with Gasteiger partial charge in [0.25, 0.3) is 0 Å². The third kappa shape index (κ3) is 6.27. The summed E-state index contributed by atoms with van der Waals surface area (Å²) in [5.74, 6) is 0. The molecule has 4 N–H and O–H groups in total. The van der Waals surface area contributed by atoms with Crippen molar-refractivity contribution in [3.8, 4) is 17.3 Å². The molecular weight excluding hydrogens is 371 g/mol. The van der Waals surface area contributed by atoms with Crippen LogP contribution < -0.4 is 0 Å². The van der Waals surface area contributed by atoms with E-state index in [1.165, 1.54) is 0 Å². The Kier molecular flexibility index (Phi) is 7.21. The molecule has 3 aromatic heterocycles. The zero-order valence-corrected chi connectivity index (χ0v) is 15.6. The second kappa shape index (κ2) is 9.39. The Morgan fingerprint density at radius 3 is 2.78 bits per heavy atom. The highest BCUT2D eigenvalue weighted by Crippen LogP contribution is 2.27. The van der Waals surface area contributed by atoms with Crippen molar-refractivity contribution < 1.29 is 19.2 Å². The molecule has 0 aliphatic heterocycles. The van der Waals surface area contributed by atoms with Gasteiger partial charge in [-0.3, -0.25) is 4.68 Å². The van der Waals surface area contributed by atoms with Crippen LogP contribution in [0.15, 0.2) is 31.0 Å². The van der Waals surface area contributed by atoms with E-state index in [1.807, 2.05) is 29.3 Å². The van der Waals surface area contributed by atoms with Crippen molar-refractivity contribution in [3.05, 3.63) is 31.0 Å². The summed E-state index contributed by atoms with van der Waals surface area (Å²) in [6.07, 6.45) is 10.8. The first-order chi connectivity index (χ1) is 12.8. The van der Waals surface area contributed by atoms with Crippen LogP contribution in [0.3, 0.4) is 0 Å². The van der Waals surface area contributed by atoms with Gasteiger partial charge in [-0.15, -0.1) is 0 Å². The maximum Gasteiger partial charge on any atom is 0.466 e. The predicted octanol–water partition coefficient (Wildman–Crippen LogP) is 2.54. The molecule has 0 saturated carbocycles. The SMILES string of the molecule is CCCCC(CC#N)n1cc(-c2ncnc3[nH]ccc23)cn1.O=P(O)(O)O. The molecule has 1 atom stereocenters. The summed E-state index contributed by atoms with van der Waals surface area (Å²) in [4.78, 5) is 33.2. The van der Waals surface area contributed by atoms with E-state index in [4.69, 9.17) is 24.5 Å². The summed E-state index contributed by atoms with van der Waals surface area (Å²) in [7, 11) is -4.64. The number of aromatic nitrogens is 5. The van der Waals surface area contributed by atoms with Crippen LogP contribution in [0.25, 0.3) is 22.3 Å². The van der Waals surface area contributed by atoms with Crippen molar-refractivity contribution in [1.29, 1.82) is 5.26 Å².